The number of benzene rings is 1. The third kappa shape index (κ3) is 3.22. The first kappa shape index (κ1) is 13.3. The average molecular weight is 281 g/mol. The number of pyridine rings is 1. The Morgan fingerprint density at radius 2 is 1.72 bits per heavy atom. The molecule has 0 amide bonds. The van der Waals surface area contributed by atoms with E-state index in [-0.39, 0.29) is 6.04 Å². The molecule has 0 aliphatic rings. The number of nitrogens with zero attached hydrogens (tertiary/aromatic N) is 1. The molecule has 1 N–H and O–H groups in total. The van der Waals surface area contributed by atoms with E-state index < -0.39 is 0 Å². The number of halogens is 2. The third-order valence-electron chi connectivity index (χ3n) is 2.66. The molecule has 2 aromatic rings. The van der Waals surface area contributed by atoms with Gasteiger partial charge < -0.3 is 5.32 Å². The van der Waals surface area contributed by atoms with Crippen LogP contribution in [0.4, 0.5) is 0 Å². The summed E-state index contributed by atoms with van der Waals surface area (Å²) in [5.74, 6) is 0. The maximum absolute atomic E-state index is 5.91. The van der Waals surface area contributed by atoms with Crippen LogP contribution < -0.4 is 5.32 Å². The number of aromatic nitrogens is 1. The minimum Gasteiger partial charge on any atom is -0.305 e. The van der Waals surface area contributed by atoms with Crippen molar-refractivity contribution in [2.45, 2.75) is 13.0 Å². The predicted octanol–water partition coefficient (Wildman–Crippen LogP) is 4.09. The monoisotopic (exact) mass is 280 g/mol. The van der Waals surface area contributed by atoms with Crippen molar-refractivity contribution in [3.8, 4) is 0 Å². The van der Waals surface area contributed by atoms with Crippen LogP contribution in [0.2, 0.25) is 10.0 Å². The number of hydrogen-bond donors (Lipinski definition) is 1. The van der Waals surface area contributed by atoms with Crippen LogP contribution in [0.5, 0.6) is 0 Å². The standard InChI is InChI=1S/C14H14Cl2N2/c1-2-17-14(10-3-5-11(15)6-4-10)13-8-7-12(16)9-18-13/h3-9,14,17H,2H2,1H3. The first-order valence-electron chi connectivity index (χ1n) is 5.81. The minimum atomic E-state index is 0.0598. The Morgan fingerprint density at radius 1 is 1.06 bits per heavy atom. The molecular formula is C14H14Cl2N2. The summed E-state index contributed by atoms with van der Waals surface area (Å²) >= 11 is 11.8. The Hall–Kier alpha value is -1.09. The van der Waals surface area contributed by atoms with Crippen molar-refractivity contribution >= 4 is 23.2 Å². The molecule has 0 aliphatic heterocycles. The van der Waals surface area contributed by atoms with Crippen LogP contribution in [0.15, 0.2) is 42.6 Å². The van der Waals surface area contributed by atoms with Gasteiger partial charge >= 0.3 is 0 Å². The Labute approximate surface area is 117 Å². The van der Waals surface area contributed by atoms with Gasteiger partial charge in [0.15, 0.2) is 0 Å². The molecule has 1 aromatic carbocycles. The van der Waals surface area contributed by atoms with Gasteiger partial charge in [0.1, 0.15) is 0 Å². The van der Waals surface area contributed by atoms with Crippen molar-refractivity contribution < 1.29 is 0 Å². The van der Waals surface area contributed by atoms with Gasteiger partial charge in [0.2, 0.25) is 0 Å². The molecule has 0 bridgehead atoms. The lowest BCUT2D eigenvalue weighted by Crippen LogP contribution is -2.22. The van der Waals surface area contributed by atoms with Gasteiger partial charge in [-0.05, 0) is 36.4 Å². The van der Waals surface area contributed by atoms with Crippen LogP contribution in [0, 0.1) is 0 Å². The van der Waals surface area contributed by atoms with Gasteiger partial charge in [-0.1, -0.05) is 42.3 Å². The molecule has 0 saturated carbocycles. The summed E-state index contributed by atoms with van der Waals surface area (Å²) in [5.41, 5.74) is 2.08. The zero-order valence-electron chi connectivity index (χ0n) is 10.0. The van der Waals surface area contributed by atoms with Crippen molar-refractivity contribution in [3.05, 3.63) is 63.9 Å². The van der Waals surface area contributed by atoms with Crippen LogP contribution in [0.1, 0.15) is 24.2 Å². The van der Waals surface area contributed by atoms with Gasteiger partial charge in [0.05, 0.1) is 16.8 Å². The molecule has 1 heterocycles. The second-order valence-electron chi connectivity index (χ2n) is 3.94. The van der Waals surface area contributed by atoms with E-state index in [1.54, 1.807) is 6.20 Å². The van der Waals surface area contributed by atoms with E-state index in [1.807, 2.05) is 36.4 Å². The highest BCUT2D eigenvalue weighted by molar-refractivity contribution is 6.30. The fraction of sp³-hybridized carbons (Fsp3) is 0.214. The highest BCUT2D eigenvalue weighted by Crippen LogP contribution is 2.22. The zero-order valence-corrected chi connectivity index (χ0v) is 11.5. The molecule has 0 spiro atoms. The van der Waals surface area contributed by atoms with Gasteiger partial charge in [-0.25, -0.2) is 0 Å². The first-order valence-corrected chi connectivity index (χ1v) is 6.56. The molecular weight excluding hydrogens is 267 g/mol. The normalized spacial score (nSPS) is 12.4. The Morgan fingerprint density at radius 3 is 2.28 bits per heavy atom. The van der Waals surface area contributed by atoms with E-state index in [0.29, 0.717) is 5.02 Å². The highest BCUT2D eigenvalue weighted by Gasteiger charge is 2.13. The molecule has 0 aliphatic carbocycles. The number of nitrogens with one attached hydrogen (secondary N) is 1. The smallest absolute Gasteiger partial charge is 0.0751 e. The fourth-order valence-electron chi connectivity index (χ4n) is 1.81. The molecule has 4 heteroatoms. The van der Waals surface area contributed by atoms with Crippen molar-refractivity contribution in [2.75, 3.05) is 6.54 Å². The first-order chi connectivity index (χ1) is 8.70. The summed E-state index contributed by atoms with van der Waals surface area (Å²) in [4.78, 5) is 4.37. The molecule has 0 fully saturated rings. The Bertz CT molecular complexity index is 449. The maximum atomic E-state index is 5.91. The quantitative estimate of drug-likeness (QED) is 0.913. The fourth-order valence-corrected chi connectivity index (χ4v) is 2.05. The van der Waals surface area contributed by atoms with Crippen molar-refractivity contribution in [1.29, 1.82) is 0 Å². The molecule has 1 atom stereocenters. The molecule has 2 nitrogen and oxygen atoms in total. The van der Waals surface area contributed by atoms with Crippen LogP contribution in [0.3, 0.4) is 0 Å². The topological polar surface area (TPSA) is 24.9 Å². The second kappa shape index (κ2) is 6.19. The Kier molecular flexibility index (Phi) is 4.59. The van der Waals surface area contributed by atoms with E-state index in [2.05, 4.69) is 17.2 Å². The van der Waals surface area contributed by atoms with Crippen LogP contribution in [0.25, 0.3) is 0 Å². The van der Waals surface area contributed by atoms with Gasteiger partial charge in [-0.3, -0.25) is 4.98 Å². The Balaban J connectivity index is 2.33. The van der Waals surface area contributed by atoms with Gasteiger partial charge in [0, 0.05) is 11.2 Å². The number of rotatable bonds is 4. The summed E-state index contributed by atoms with van der Waals surface area (Å²) in [6, 6.07) is 11.6. The molecule has 0 radical (unpaired) electrons. The van der Waals surface area contributed by atoms with Crippen LogP contribution in [-0.4, -0.2) is 11.5 Å². The van der Waals surface area contributed by atoms with Crippen LogP contribution >= 0.6 is 23.2 Å². The maximum Gasteiger partial charge on any atom is 0.0751 e. The summed E-state index contributed by atoms with van der Waals surface area (Å²) < 4.78 is 0. The van der Waals surface area contributed by atoms with Crippen LogP contribution in [-0.2, 0) is 0 Å². The van der Waals surface area contributed by atoms with E-state index in [4.69, 9.17) is 23.2 Å². The summed E-state index contributed by atoms with van der Waals surface area (Å²) in [6.07, 6.45) is 1.66. The third-order valence-corrected chi connectivity index (χ3v) is 3.13. The molecule has 1 aromatic heterocycles. The van der Waals surface area contributed by atoms with Crippen molar-refractivity contribution in [2.24, 2.45) is 0 Å². The molecule has 18 heavy (non-hydrogen) atoms. The lowest BCUT2D eigenvalue weighted by atomic mass is 10.0. The predicted molar refractivity (Wildman–Crippen MR) is 76.2 cm³/mol. The highest BCUT2D eigenvalue weighted by atomic mass is 35.5. The average Bonchev–Trinajstić information content (AvgIpc) is 2.39. The van der Waals surface area contributed by atoms with Crippen molar-refractivity contribution in [3.63, 3.8) is 0 Å². The van der Waals surface area contributed by atoms with E-state index in [1.165, 1.54) is 0 Å². The molecule has 94 valence electrons. The summed E-state index contributed by atoms with van der Waals surface area (Å²) in [5, 5.41) is 4.78. The molecule has 1 unspecified atom stereocenters. The van der Waals surface area contributed by atoms with Gasteiger partial charge in [0.25, 0.3) is 0 Å². The molecule has 0 saturated heterocycles. The lowest BCUT2D eigenvalue weighted by Gasteiger charge is -2.18. The minimum absolute atomic E-state index is 0.0598. The van der Waals surface area contributed by atoms with Gasteiger partial charge in [-0.15, -0.1) is 0 Å². The van der Waals surface area contributed by atoms with Crippen molar-refractivity contribution in [1.82, 2.24) is 10.3 Å². The summed E-state index contributed by atoms with van der Waals surface area (Å²) in [6.45, 7) is 2.93. The second-order valence-corrected chi connectivity index (χ2v) is 4.82. The number of hydrogen-bond acceptors (Lipinski definition) is 2. The molecule has 2 rings (SSSR count). The van der Waals surface area contributed by atoms with E-state index >= 15 is 0 Å². The summed E-state index contributed by atoms with van der Waals surface area (Å²) in [7, 11) is 0. The zero-order chi connectivity index (χ0) is 13.0. The van der Waals surface area contributed by atoms with E-state index in [0.717, 1.165) is 22.8 Å². The SMILES string of the molecule is CCNC(c1ccc(Cl)cc1)c1ccc(Cl)cn1. The van der Waals surface area contributed by atoms with E-state index in [9.17, 15) is 0 Å². The lowest BCUT2D eigenvalue weighted by molar-refractivity contribution is 0.615. The van der Waals surface area contributed by atoms with Gasteiger partial charge in [-0.2, -0.15) is 0 Å². The largest absolute Gasteiger partial charge is 0.305 e.